The van der Waals surface area contributed by atoms with Crippen LogP contribution in [-0.2, 0) is 9.47 Å². The molecule has 2 unspecified atom stereocenters. The Hall–Kier alpha value is -2.12. The van der Waals surface area contributed by atoms with Gasteiger partial charge in [-0.25, -0.2) is 9.78 Å². The van der Waals surface area contributed by atoms with Gasteiger partial charge in [-0.05, 0) is 50.8 Å². The molecule has 1 amide bonds. The van der Waals surface area contributed by atoms with E-state index >= 15 is 0 Å². The Morgan fingerprint density at radius 1 is 1.31 bits per heavy atom. The Balaban J connectivity index is 1.72. The predicted molar refractivity (Wildman–Crippen MR) is 117 cm³/mol. The number of methoxy groups -OCH3 is 1. The average molecular weight is 460 g/mol. The minimum atomic E-state index is -0.543. The number of aromatic amines is 1. The van der Waals surface area contributed by atoms with Crippen molar-refractivity contribution in [3.63, 3.8) is 0 Å². The van der Waals surface area contributed by atoms with Crippen molar-refractivity contribution >= 4 is 43.8 Å². The minimum Gasteiger partial charge on any atom is -0.444 e. The molecule has 3 aromatic rings. The number of likely N-dealkylation sites (tertiary alicyclic amines) is 1. The van der Waals surface area contributed by atoms with Crippen molar-refractivity contribution in [1.29, 1.82) is 0 Å². The maximum absolute atomic E-state index is 12.9. The molecule has 1 aliphatic rings. The SMILES string of the molecule is COCC1CC(c2nc3c(ccc4cc(Br)ccc43)[nH]2)N(C(=O)OC(C)(C)C)C1. The summed E-state index contributed by atoms with van der Waals surface area (Å²) in [6.07, 6.45) is 0.478. The Kier molecular flexibility index (Phi) is 5.29. The van der Waals surface area contributed by atoms with Gasteiger partial charge < -0.3 is 14.5 Å². The smallest absolute Gasteiger partial charge is 0.410 e. The lowest BCUT2D eigenvalue weighted by Gasteiger charge is -2.27. The van der Waals surface area contributed by atoms with E-state index in [-0.39, 0.29) is 18.1 Å². The molecule has 2 heterocycles. The number of ether oxygens (including phenoxy) is 2. The van der Waals surface area contributed by atoms with Crippen LogP contribution in [0.4, 0.5) is 4.79 Å². The molecular weight excluding hydrogens is 434 g/mol. The van der Waals surface area contributed by atoms with E-state index in [9.17, 15) is 4.79 Å². The largest absolute Gasteiger partial charge is 0.444 e. The van der Waals surface area contributed by atoms with Crippen LogP contribution in [0.15, 0.2) is 34.8 Å². The first-order chi connectivity index (χ1) is 13.7. The molecular formula is C22H26BrN3O3. The van der Waals surface area contributed by atoms with Crippen molar-refractivity contribution in [2.75, 3.05) is 20.3 Å². The second-order valence-corrected chi connectivity index (χ2v) is 9.57. The number of carbonyl (C=O) groups excluding carboxylic acids is 1. The van der Waals surface area contributed by atoms with Gasteiger partial charge in [0, 0.05) is 29.4 Å². The second-order valence-electron chi connectivity index (χ2n) is 8.65. The van der Waals surface area contributed by atoms with Crippen LogP contribution >= 0.6 is 15.9 Å². The van der Waals surface area contributed by atoms with E-state index in [2.05, 4.69) is 39.1 Å². The standard InChI is InChI=1S/C22H26BrN3O3/c1-22(2,3)29-21(27)26-11-13(12-28-4)9-18(26)20-24-17-8-5-14-10-15(23)6-7-16(14)19(17)25-20/h5-8,10,13,18H,9,11-12H2,1-4H3,(H,24,25). The Morgan fingerprint density at radius 3 is 2.83 bits per heavy atom. The highest BCUT2D eigenvalue weighted by atomic mass is 79.9. The first kappa shape index (κ1) is 20.2. The third kappa shape index (κ3) is 4.12. The van der Waals surface area contributed by atoms with Gasteiger partial charge in [0.15, 0.2) is 0 Å². The van der Waals surface area contributed by atoms with Gasteiger partial charge in [0.1, 0.15) is 11.4 Å². The number of imidazole rings is 1. The zero-order valence-electron chi connectivity index (χ0n) is 17.2. The number of halogens is 1. The normalized spacial score (nSPS) is 20.0. The number of rotatable bonds is 3. The van der Waals surface area contributed by atoms with E-state index < -0.39 is 5.60 Å². The molecule has 4 rings (SSSR count). The summed E-state index contributed by atoms with van der Waals surface area (Å²) in [4.78, 5) is 23.0. The molecule has 1 aromatic heterocycles. The van der Waals surface area contributed by atoms with Crippen molar-refractivity contribution in [2.24, 2.45) is 5.92 Å². The summed E-state index contributed by atoms with van der Waals surface area (Å²) in [5.74, 6) is 1.04. The van der Waals surface area contributed by atoms with Crippen molar-refractivity contribution in [1.82, 2.24) is 14.9 Å². The van der Waals surface area contributed by atoms with Crippen molar-refractivity contribution in [3.8, 4) is 0 Å². The number of benzene rings is 2. The summed E-state index contributed by atoms with van der Waals surface area (Å²) in [5, 5.41) is 2.21. The van der Waals surface area contributed by atoms with E-state index in [4.69, 9.17) is 14.5 Å². The lowest BCUT2D eigenvalue weighted by atomic mass is 10.1. The second kappa shape index (κ2) is 7.61. The van der Waals surface area contributed by atoms with Crippen molar-refractivity contribution < 1.29 is 14.3 Å². The molecule has 2 aromatic carbocycles. The number of nitrogens with zero attached hydrogens (tertiary/aromatic N) is 2. The summed E-state index contributed by atoms with van der Waals surface area (Å²) >= 11 is 3.53. The lowest BCUT2D eigenvalue weighted by Crippen LogP contribution is -2.37. The Morgan fingerprint density at radius 2 is 2.10 bits per heavy atom. The summed E-state index contributed by atoms with van der Waals surface area (Å²) in [6, 6.07) is 10.1. The summed E-state index contributed by atoms with van der Waals surface area (Å²) < 4.78 is 12.0. The Bertz CT molecular complexity index is 1060. The van der Waals surface area contributed by atoms with Crippen molar-refractivity contribution in [3.05, 3.63) is 40.6 Å². The molecule has 154 valence electrons. The zero-order chi connectivity index (χ0) is 20.8. The maximum atomic E-state index is 12.9. The predicted octanol–water partition coefficient (Wildman–Crippen LogP) is 5.42. The number of hydrogen-bond acceptors (Lipinski definition) is 4. The van der Waals surface area contributed by atoms with Gasteiger partial charge in [-0.1, -0.05) is 28.1 Å². The van der Waals surface area contributed by atoms with Crippen LogP contribution in [0.2, 0.25) is 0 Å². The number of H-pyrrole nitrogens is 1. The van der Waals surface area contributed by atoms with E-state index in [1.54, 1.807) is 12.0 Å². The zero-order valence-corrected chi connectivity index (χ0v) is 18.7. The Labute approximate surface area is 178 Å². The van der Waals surface area contributed by atoms with E-state index in [1.807, 2.05) is 32.9 Å². The third-order valence-electron chi connectivity index (χ3n) is 5.18. The van der Waals surface area contributed by atoms with E-state index in [0.29, 0.717) is 13.2 Å². The first-order valence-electron chi connectivity index (χ1n) is 9.81. The third-order valence-corrected chi connectivity index (χ3v) is 5.68. The number of fused-ring (bicyclic) bond motifs is 3. The number of amides is 1. The van der Waals surface area contributed by atoms with Crippen LogP contribution in [-0.4, -0.2) is 46.8 Å². The summed E-state index contributed by atoms with van der Waals surface area (Å²) in [5.41, 5.74) is 1.34. The fourth-order valence-electron chi connectivity index (χ4n) is 4.01. The van der Waals surface area contributed by atoms with Crippen LogP contribution < -0.4 is 0 Å². The van der Waals surface area contributed by atoms with Gasteiger partial charge in [-0.15, -0.1) is 0 Å². The van der Waals surface area contributed by atoms with Crippen molar-refractivity contribution in [2.45, 2.75) is 38.8 Å². The molecule has 7 heteroatoms. The molecule has 0 saturated carbocycles. The van der Waals surface area contributed by atoms with Crippen LogP contribution in [0, 0.1) is 5.92 Å². The molecule has 0 bridgehead atoms. The topological polar surface area (TPSA) is 67.5 Å². The van der Waals surface area contributed by atoms with Crippen LogP contribution in [0.5, 0.6) is 0 Å². The number of hydrogen-bond donors (Lipinski definition) is 1. The van der Waals surface area contributed by atoms with Gasteiger partial charge in [-0.3, -0.25) is 4.90 Å². The quantitative estimate of drug-likeness (QED) is 0.567. The highest BCUT2D eigenvalue weighted by Crippen LogP contribution is 2.37. The minimum absolute atomic E-state index is 0.164. The van der Waals surface area contributed by atoms with Crippen LogP contribution in [0.3, 0.4) is 0 Å². The highest BCUT2D eigenvalue weighted by molar-refractivity contribution is 9.10. The highest BCUT2D eigenvalue weighted by Gasteiger charge is 2.40. The number of nitrogens with one attached hydrogen (secondary N) is 1. The summed E-state index contributed by atoms with van der Waals surface area (Å²) in [6.45, 7) is 6.85. The molecule has 1 fully saturated rings. The van der Waals surface area contributed by atoms with Crippen LogP contribution in [0.25, 0.3) is 21.8 Å². The fourth-order valence-corrected chi connectivity index (χ4v) is 4.39. The fraction of sp³-hybridized carbons (Fsp3) is 0.455. The molecule has 29 heavy (non-hydrogen) atoms. The maximum Gasteiger partial charge on any atom is 0.410 e. The molecule has 0 aliphatic carbocycles. The van der Waals surface area contributed by atoms with Gasteiger partial charge in [0.2, 0.25) is 0 Å². The molecule has 2 atom stereocenters. The monoisotopic (exact) mass is 459 g/mol. The molecule has 6 nitrogen and oxygen atoms in total. The summed E-state index contributed by atoms with van der Waals surface area (Å²) in [7, 11) is 1.69. The van der Waals surface area contributed by atoms with E-state index in [1.165, 1.54) is 0 Å². The van der Waals surface area contributed by atoms with Gasteiger partial charge >= 0.3 is 6.09 Å². The first-order valence-corrected chi connectivity index (χ1v) is 10.6. The number of carbonyl (C=O) groups is 1. The van der Waals surface area contributed by atoms with Gasteiger partial charge in [0.25, 0.3) is 0 Å². The molecule has 1 N–H and O–H groups in total. The lowest BCUT2D eigenvalue weighted by molar-refractivity contribution is 0.0209. The molecule has 0 spiro atoms. The molecule has 1 saturated heterocycles. The molecule has 0 radical (unpaired) electrons. The van der Waals surface area contributed by atoms with Gasteiger partial charge in [-0.2, -0.15) is 0 Å². The number of aromatic nitrogens is 2. The van der Waals surface area contributed by atoms with Gasteiger partial charge in [0.05, 0.1) is 23.7 Å². The average Bonchev–Trinajstić information content (AvgIpc) is 3.24. The molecule has 1 aliphatic heterocycles. The van der Waals surface area contributed by atoms with E-state index in [0.717, 1.165) is 38.5 Å². The van der Waals surface area contributed by atoms with Crippen LogP contribution in [0.1, 0.15) is 39.1 Å².